The van der Waals surface area contributed by atoms with Gasteiger partial charge in [-0.15, -0.1) is 12.4 Å². The average Bonchev–Trinajstić information content (AvgIpc) is 2.85. The van der Waals surface area contributed by atoms with Gasteiger partial charge in [0.2, 0.25) is 5.91 Å². The van der Waals surface area contributed by atoms with Crippen molar-refractivity contribution in [3.05, 3.63) is 29.8 Å². The van der Waals surface area contributed by atoms with Crippen molar-refractivity contribution in [3.8, 4) is 5.75 Å². The van der Waals surface area contributed by atoms with E-state index in [0.29, 0.717) is 6.54 Å². The van der Waals surface area contributed by atoms with E-state index in [1.165, 1.54) is 0 Å². The second-order valence-corrected chi connectivity index (χ2v) is 5.31. The first-order valence-corrected chi connectivity index (χ1v) is 6.73. The summed E-state index contributed by atoms with van der Waals surface area (Å²) in [4.78, 5) is 14.1. The Morgan fingerprint density at radius 1 is 1.35 bits per heavy atom. The van der Waals surface area contributed by atoms with Crippen LogP contribution in [0, 0.1) is 5.92 Å². The summed E-state index contributed by atoms with van der Waals surface area (Å²) in [6.45, 7) is 0.633. The molecule has 1 aromatic rings. The second kappa shape index (κ2) is 7.50. The zero-order valence-corrected chi connectivity index (χ0v) is 12.9. The van der Waals surface area contributed by atoms with Gasteiger partial charge in [0.15, 0.2) is 0 Å². The first-order chi connectivity index (χ1) is 9.10. The zero-order chi connectivity index (χ0) is 13.8. The number of ether oxygens (including phenoxy) is 1. The topological polar surface area (TPSA) is 55.6 Å². The molecule has 0 saturated heterocycles. The van der Waals surface area contributed by atoms with E-state index in [1.54, 1.807) is 12.0 Å². The Bertz CT molecular complexity index is 436. The Kier molecular flexibility index (Phi) is 6.30. The van der Waals surface area contributed by atoms with Gasteiger partial charge in [-0.1, -0.05) is 12.1 Å². The van der Waals surface area contributed by atoms with Gasteiger partial charge in [0.05, 0.1) is 7.11 Å². The summed E-state index contributed by atoms with van der Waals surface area (Å²) in [6.07, 6.45) is 2.71. The summed E-state index contributed by atoms with van der Waals surface area (Å²) >= 11 is 0. The van der Waals surface area contributed by atoms with Gasteiger partial charge >= 0.3 is 0 Å². The molecule has 112 valence electrons. The van der Waals surface area contributed by atoms with Gasteiger partial charge in [-0.25, -0.2) is 0 Å². The highest BCUT2D eigenvalue weighted by Crippen LogP contribution is 2.26. The number of amides is 1. The quantitative estimate of drug-likeness (QED) is 0.927. The lowest BCUT2D eigenvalue weighted by Gasteiger charge is -2.21. The molecule has 5 heteroatoms. The third kappa shape index (κ3) is 4.12. The maximum Gasteiger partial charge on any atom is 0.225 e. The maximum absolute atomic E-state index is 12.3. The van der Waals surface area contributed by atoms with E-state index >= 15 is 0 Å². The first-order valence-electron chi connectivity index (χ1n) is 6.73. The fourth-order valence-corrected chi connectivity index (χ4v) is 2.64. The van der Waals surface area contributed by atoms with Gasteiger partial charge in [-0.3, -0.25) is 4.79 Å². The van der Waals surface area contributed by atoms with Crippen LogP contribution in [-0.2, 0) is 11.3 Å². The molecule has 2 unspecified atom stereocenters. The predicted octanol–water partition coefficient (Wildman–Crippen LogP) is 2.20. The van der Waals surface area contributed by atoms with Gasteiger partial charge < -0.3 is 15.4 Å². The molecule has 1 aliphatic rings. The summed E-state index contributed by atoms with van der Waals surface area (Å²) in [6, 6.07) is 8.01. The minimum absolute atomic E-state index is 0. The van der Waals surface area contributed by atoms with Crippen molar-refractivity contribution in [2.75, 3.05) is 14.2 Å². The molecule has 4 nitrogen and oxygen atoms in total. The van der Waals surface area contributed by atoms with Crippen LogP contribution < -0.4 is 10.5 Å². The monoisotopic (exact) mass is 298 g/mol. The molecule has 2 atom stereocenters. The number of hydrogen-bond donors (Lipinski definition) is 1. The SMILES string of the molecule is COc1ccc(CN(C)C(=O)C2CCC(N)C2)cc1.Cl. The van der Waals surface area contributed by atoms with Gasteiger partial charge in [-0.05, 0) is 37.0 Å². The maximum atomic E-state index is 12.3. The number of benzene rings is 1. The number of nitrogens with zero attached hydrogens (tertiary/aromatic N) is 1. The van der Waals surface area contributed by atoms with E-state index in [-0.39, 0.29) is 30.3 Å². The number of rotatable bonds is 4. The molecule has 0 aromatic heterocycles. The molecule has 0 bridgehead atoms. The number of methoxy groups -OCH3 is 1. The van der Waals surface area contributed by atoms with Crippen LogP contribution in [0.1, 0.15) is 24.8 Å². The standard InChI is InChI=1S/C15H22N2O2.ClH/c1-17(15(18)12-5-6-13(16)9-12)10-11-3-7-14(19-2)8-4-11;/h3-4,7-8,12-13H,5-6,9-10,16H2,1-2H3;1H. The van der Waals surface area contributed by atoms with Crippen molar-refractivity contribution in [3.63, 3.8) is 0 Å². The van der Waals surface area contributed by atoms with Crippen LogP contribution in [0.5, 0.6) is 5.75 Å². The molecule has 1 amide bonds. The molecule has 1 fully saturated rings. The summed E-state index contributed by atoms with van der Waals surface area (Å²) in [5, 5.41) is 0. The minimum atomic E-state index is 0. The smallest absolute Gasteiger partial charge is 0.225 e. The Morgan fingerprint density at radius 2 is 2.00 bits per heavy atom. The van der Waals surface area contributed by atoms with E-state index in [0.717, 1.165) is 30.6 Å². The fourth-order valence-electron chi connectivity index (χ4n) is 2.64. The molecule has 20 heavy (non-hydrogen) atoms. The van der Waals surface area contributed by atoms with Gasteiger partial charge in [0.1, 0.15) is 5.75 Å². The molecule has 0 heterocycles. The van der Waals surface area contributed by atoms with Crippen molar-refractivity contribution in [1.82, 2.24) is 4.90 Å². The molecular weight excluding hydrogens is 276 g/mol. The van der Waals surface area contributed by atoms with E-state index in [1.807, 2.05) is 31.3 Å². The lowest BCUT2D eigenvalue weighted by molar-refractivity contribution is -0.134. The number of halogens is 1. The Morgan fingerprint density at radius 3 is 2.50 bits per heavy atom. The number of carbonyl (C=O) groups excluding carboxylic acids is 1. The molecule has 1 aliphatic carbocycles. The third-order valence-electron chi connectivity index (χ3n) is 3.78. The second-order valence-electron chi connectivity index (χ2n) is 5.31. The number of carbonyl (C=O) groups is 1. The van der Waals surface area contributed by atoms with Crippen molar-refractivity contribution >= 4 is 18.3 Å². The summed E-state index contributed by atoms with van der Waals surface area (Å²) in [5.41, 5.74) is 6.97. The van der Waals surface area contributed by atoms with Crippen LogP contribution in [0.4, 0.5) is 0 Å². The van der Waals surface area contributed by atoms with Crippen molar-refractivity contribution in [2.45, 2.75) is 31.8 Å². The third-order valence-corrected chi connectivity index (χ3v) is 3.78. The van der Waals surface area contributed by atoms with Crippen molar-refractivity contribution in [2.24, 2.45) is 11.7 Å². The molecule has 0 radical (unpaired) electrons. The summed E-state index contributed by atoms with van der Waals surface area (Å²) in [5.74, 6) is 1.15. The molecular formula is C15H23ClN2O2. The van der Waals surface area contributed by atoms with Crippen LogP contribution in [-0.4, -0.2) is 31.0 Å². The average molecular weight is 299 g/mol. The highest BCUT2D eigenvalue weighted by atomic mass is 35.5. The van der Waals surface area contributed by atoms with E-state index in [2.05, 4.69) is 0 Å². The Labute approximate surface area is 126 Å². The zero-order valence-electron chi connectivity index (χ0n) is 12.0. The Hall–Kier alpha value is -1.26. The van der Waals surface area contributed by atoms with Crippen molar-refractivity contribution in [1.29, 1.82) is 0 Å². The number of nitrogens with two attached hydrogens (primary N) is 1. The largest absolute Gasteiger partial charge is 0.497 e. The Balaban J connectivity index is 0.00000200. The summed E-state index contributed by atoms with van der Waals surface area (Å²) in [7, 11) is 3.50. The predicted molar refractivity (Wildman–Crippen MR) is 82.0 cm³/mol. The molecule has 1 saturated carbocycles. The molecule has 1 aromatic carbocycles. The van der Waals surface area contributed by atoms with E-state index in [9.17, 15) is 4.79 Å². The first kappa shape index (κ1) is 16.8. The van der Waals surface area contributed by atoms with Crippen LogP contribution in [0.3, 0.4) is 0 Å². The van der Waals surface area contributed by atoms with Crippen LogP contribution in [0.25, 0.3) is 0 Å². The number of hydrogen-bond acceptors (Lipinski definition) is 3. The molecule has 2 rings (SSSR count). The van der Waals surface area contributed by atoms with E-state index in [4.69, 9.17) is 10.5 Å². The lowest BCUT2D eigenvalue weighted by atomic mass is 10.1. The highest BCUT2D eigenvalue weighted by molar-refractivity contribution is 5.85. The normalized spacial score (nSPS) is 21.1. The van der Waals surface area contributed by atoms with Gasteiger partial charge in [0.25, 0.3) is 0 Å². The van der Waals surface area contributed by atoms with Crippen LogP contribution in [0.15, 0.2) is 24.3 Å². The lowest BCUT2D eigenvalue weighted by Crippen LogP contribution is -2.32. The van der Waals surface area contributed by atoms with Crippen LogP contribution >= 0.6 is 12.4 Å². The summed E-state index contributed by atoms with van der Waals surface area (Å²) < 4.78 is 5.12. The highest BCUT2D eigenvalue weighted by Gasteiger charge is 2.29. The molecule has 0 aliphatic heterocycles. The minimum Gasteiger partial charge on any atom is -0.497 e. The van der Waals surface area contributed by atoms with Gasteiger partial charge in [0, 0.05) is 25.6 Å². The molecule has 0 spiro atoms. The van der Waals surface area contributed by atoms with Crippen molar-refractivity contribution < 1.29 is 9.53 Å². The van der Waals surface area contributed by atoms with Crippen LogP contribution in [0.2, 0.25) is 0 Å². The molecule has 2 N–H and O–H groups in total. The van der Waals surface area contributed by atoms with E-state index < -0.39 is 0 Å². The fraction of sp³-hybridized carbons (Fsp3) is 0.533. The van der Waals surface area contributed by atoms with Gasteiger partial charge in [-0.2, -0.15) is 0 Å².